The number of rotatable bonds is 9. The Morgan fingerprint density at radius 3 is 2.35 bits per heavy atom. The fourth-order valence-corrected chi connectivity index (χ4v) is 3.49. The summed E-state index contributed by atoms with van der Waals surface area (Å²) in [6, 6.07) is 0. The molecule has 102 valence electrons. The maximum atomic E-state index is 11.8. The molecule has 6 heteroatoms. The summed E-state index contributed by atoms with van der Waals surface area (Å²) in [6.07, 6.45) is 3.42. The van der Waals surface area contributed by atoms with Gasteiger partial charge >= 0.3 is 0 Å². The monoisotopic (exact) mass is 280 g/mol. The van der Waals surface area contributed by atoms with Gasteiger partial charge in [0.05, 0.1) is 4.99 Å². The van der Waals surface area contributed by atoms with Crippen LogP contribution in [0.15, 0.2) is 0 Å². The second-order valence-corrected chi connectivity index (χ2v) is 7.05. The maximum absolute atomic E-state index is 11.8. The molecule has 17 heavy (non-hydrogen) atoms. The number of nitrogens with one attached hydrogen (secondary N) is 1. The summed E-state index contributed by atoms with van der Waals surface area (Å²) in [5.74, 6) is 0.659. The van der Waals surface area contributed by atoms with E-state index in [0.717, 1.165) is 19.3 Å². The molecule has 0 saturated heterocycles. The lowest BCUT2D eigenvalue weighted by Gasteiger charge is -2.15. The number of thiocarbonyl (C=S) groups is 1. The molecule has 0 aromatic heterocycles. The van der Waals surface area contributed by atoms with Crippen LogP contribution in [0.1, 0.15) is 46.5 Å². The summed E-state index contributed by atoms with van der Waals surface area (Å²) in [5, 5.41) is -0.748. The van der Waals surface area contributed by atoms with Crippen molar-refractivity contribution in [3.05, 3.63) is 0 Å². The predicted molar refractivity (Wildman–Crippen MR) is 76.5 cm³/mol. The molecule has 0 aromatic carbocycles. The zero-order valence-electron chi connectivity index (χ0n) is 10.9. The van der Waals surface area contributed by atoms with Crippen molar-refractivity contribution in [2.45, 2.75) is 51.7 Å². The zero-order valence-corrected chi connectivity index (χ0v) is 12.5. The first-order valence-electron chi connectivity index (χ1n) is 6.09. The van der Waals surface area contributed by atoms with Crippen molar-refractivity contribution in [2.75, 3.05) is 6.54 Å². The van der Waals surface area contributed by atoms with Crippen molar-refractivity contribution in [3.8, 4) is 0 Å². The molecule has 0 radical (unpaired) electrons. The molecule has 3 N–H and O–H groups in total. The van der Waals surface area contributed by atoms with Crippen molar-refractivity contribution in [1.82, 2.24) is 4.72 Å². The van der Waals surface area contributed by atoms with Crippen molar-refractivity contribution in [1.29, 1.82) is 0 Å². The molecule has 0 amide bonds. The molecule has 1 atom stereocenters. The molecule has 0 heterocycles. The summed E-state index contributed by atoms with van der Waals surface area (Å²) in [7, 11) is -3.39. The lowest BCUT2D eigenvalue weighted by Crippen LogP contribution is -2.41. The van der Waals surface area contributed by atoms with Crippen LogP contribution in [0.4, 0.5) is 0 Å². The van der Waals surface area contributed by atoms with Gasteiger partial charge in [0, 0.05) is 6.54 Å². The molecule has 0 bridgehead atoms. The van der Waals surface area contributed by atoms with Crippen molar-refractivity contribution >= 4 is 27.2 Å². The predicted octanol–water partition coefficient (Wildman–Crippen LogP) is 1.80. The molecular weight excluding hydrogens is 256 g/mol. The minimum atomic E-state index is -3.39. The van der Waals surface area contributed by atoms with E-state index >= 15 is 0 Å². The largest absolute Gasteiger partial charge is 0.392 e. The maximum Gasteiger partial charge on any atom is 0.220 e. The molecule has 4 nitrogen and oxygen atoms in total. The Hall–Kier alpha value is -0.200. The smallest absolute Gasteiger partial charge is 0.220 e. The average molecular weight is 280 g/mol. The molecular formula is C11H24N2O2S2. The summed E-state index contributed by atoms with van der Waals surface area (Å²) in [5.41, 5.74) is 5.42. The molecule has 1 unspecified atom stereocenters. The van der Waals surface area contributed by atoms with Gasteiger partial charge in [-0.2, -0.15) is 0 Å². The van der Waals surface area contributed by atoms with Crippen LogP contribution >= 0.6 is 12.2 Å². The van der Waals surface area contributed by atoms with Crippen molar-refractivity contribution in [2.24, 2.45) is 11.7 Å². The van der Waals surface area contributed by atoms with Gasteiger partial charge in [-0.25, -0.2) is 13.1 Å². The molecule has 0 aliphatic carbocycles. The average Bonchev–Trinajstić information content (AvgIpc) is 2.16. The molecule has 0 fully saturated rings. The number of unbranched alkanes of at least 4 members (excludes halogenated alkanes) is 1. The van der Waals surface area contributed by atoms with Crippen LogP contribution in [0.3, 0.4) is 0 Å². The highest BCUT2D eigenvalue weighted by Crippen LogP contribution is 2.07. The van der Waals surface area contributed by atoms with Crippen molar-refractivity contribution < 1.29 is 8.42 Å². The highest BCUT2D eigenvalue weighted by Gasteiger charge is 2.25. The van der Waals surface area contributed by atoms with E-state index < -0.39 is 15.3 Å². The minimum Gasteiger partial charge on any atom is -0.392 e. The minimum absolute atomic E-state index is 0.0437. The molecule has 0 aliphatic heterocycles. The summed E-state index contributed by atoms with van der Waals surface area (Å²) in [6.45, 7) is 6.55. The van der Waals surface area contributed by atoms with E-state index in [-0.39, 0.29) is 4.99 Å². The lowest BCUT2D eigenvalue weighted by atomic mass is 10.1. The quantitative estimate of drug-likeness (QED) is 0.499. The molecule has 0 aromatic rings. The number of hydrogen-bond acceptors (Lipinski definition) is 3. The second kappa shape index (κ2) is 8.00. The Labute approximate surface area is 110 Å². The van der Waals surface area contributed by atoms with Gasteiger partial charge in [-0.05, 0) is 18.8 Å². The highest BCUT2D eigenvalue weighted by molar-refractivity contribution is 7.93. The first-order chi connectivity index (χ1) is 7.81. The Morgan fingerprint density at radius 2 is 1.94 bits per heavy atom. The molecule has 0 spiro atoms. The first kappa shape index (κ1) is 16.8. The lowest BCUT2D eigenvalue weighted by molar-refractivity contribution is 0.529. The van der Waals surface area contributed by atoms with E-state index in [9.17, 15) is 8.42 Å². The van der Waals surface area contributed by atoms with Crippen molar-refractivity contribution in [3.63, 3.8) is 0 Å². The normalized spacial score (nSPS) is 13.9. The van der Waals surface area contributed by atoms with Gasteiger partial charge < -0.3 is 5.73 Å². The van der Waals surface area contributed by atoms with Crippen LogP contribution in [-0.4, -0.2) is 25.2 Å². The molecule has 0 rings (SSSR count). The number of sulfonamides is 1. The van der Waals surface area contributed by atoms with E-state index in [0.29, 0.717) is 18.9 Å². The number of nitrogens with two attached hydrogens (primary N) is 1. The fourth-order valence-electron chi connectivity index (χ4n) is 1.57. The summed E-state index contributed by atoms with van der Waals surface area (Å²) in [4.78, 5) is 0.0437. The van der Waals surface area contributed by atoms with E-state index in [1.807, 2.05) is 0 Å². The first-order valence-corrected chi connectivity index (χ1v) is 8.04. The zero-order chi connectivity index (χ0) is 13.5. The third-order valence-electron chi connectivity index (χ3n) is 2.57. The Balaban J connectivity index is 4.06. The van der Waals surface area contributed by atoms with E-state index in [1.165, 1.54) is 0 Å². The standard InChI is InChI=1S/C11H24N2O2S2/c1-4-10(11(12)16)17(14,15)13-8-6-5-7-9(2)3/h9-10,13H,4-8H2,1-3H3,(H2,12,16). The SMILES string of the molecule is CCC(C(N)=S)S(=O)(=O)NCCCCC(C)C. The Bertz CT molecular complexity index is 326. The van der Waals surface area contributed by atoms with Crippen LogP contribution in [0.25, 0.3) is 0 Å². The topological polar surface area (TPSA) is 72.2 Å². The van der Waals surface area contributed by atoms with Crippen LogP contribution in [-0.2, 0) is 10.0 Å². The van der Waals surface area contributed by atoms with Gasteiger partial charge in [0.1, 0.15) is 5.25 Å². The van der Waals surface area contributed by atoms with E-state index in [1.54, 1.807) is 6.92 Å². The third kappa shape index (κ3) is 6.95. The van der Waals surface area contributed by atoms with E-state index in [2.05, 4.69) is 18.6 Å². The van der Waals surface area contributed by atoms with Gasteiger partial charge in [0.2, 0.25) is 10.0 Å². The third-order valence-corrected chi connectivity index (χ3v) is 4.95. The summed E-state index contributed by atoms with van der Waals surface area (Å²) < 4.78 is 26.2. The molecule has 0 aliphatic rings. The van der Waals surface area contributed by atoms with Crippen LogP contribution in [0.5, 0.6) is 0 Å². The summed E-state index contributed by atoms with van der Waals surface area (Å²) >= 11 is 4.76. The van der Waals surface area contributed by atoms with Gasteiger partial charge in [-0.1, -0.05) is 45.8 Å². The van der Waals surface area contributed by atoms with Gasteiger partial charge in [0.15, 0.2) is 0 Å². The number of hydrogen-bond donors (Lipinski definition) is 2. The van der Waals surface area contributed by atoms with Crippen LogP contribution < -0.4 is 10.5 Å². The van der Waals surface area contributed by atoms with Gasteiger partial charge in [-0.3, -0.25) is 0 Å². The van der Waals surface area contributed by atoms with E-state index in [4.69, 9.17) is 18.0 Å². The Kier molecular flexibility index (Phi) is 7.91. The Morgan fingerprint density at radius 1 is 1.35 bits per heavy atom. The van der Waals surface area contributed by atoms with Crippen LogP contribution in [0, 0.1) is 5.92 Å². The van der Waals surface area contributed by atoms with Gasteiger partial charge in [-0.15, -0.1) is 0 Å². The second-order valence-electron chi connectivity index (χ2n) is 4.63. The van der Waals surface area contributed by atoms with Crippen LogP contribution in [0.2, 0.25) is 0 Å². The molecule has 0 saturated carbocycles. The fraction of sp³-hybridized carbons (Fsp3) is 0.909. The van der Waals surface area contributed by atoms with Gasteiger partial charge in [0.25, 0.3) is 0 Å². The highest BCUT2D eigenvalue weighted by atomic mass is 32.2.